The van der Waals surface area contributed by atoms with Crippen LogP contribution in [0, 0.1) is 5.92 Å². The monoisotopic (exact) mass is 240 g/mol. The average molecular weight is 240 g/mol. The number of aliphatic hydroxyl groups excluding tert-OH is 1. The van der Waals surface area contributed by atoms with Gasteiger partial charge in [0.25, 0.3) is 0 Å². The Kier molecular flexibility index (Phi) is 6.07. The van der Waals surface area contributed by atoms with E-state index < -0.39 is 0 Å². The van der Waals surface area contributed by atoms with Crippen LogP contribution in [0.2, 0.25) is 0 Å². The minimum atomic E-state index is -0.245. The first-order chi connectivity index (χ1) is 7.72. The summed E-state index contributed by atoms with van der Waals surface area (Å²) in [6, 6.07) is 4.25. The molecule has 1 aromatic heterocycles. The third kappa shape index (κ3) is 3.60. The van der Waals surface area contributed by atoms with Crippen molar-refractivity contribution in [2.24, 2.45) is 5.92 Å². The molecule has 1 atom stereocenters. The van der Waals surface area contributed by atoms with E-state index in [0.29, 0.717) is 5.92 Å². The molecule has 0 aliphatic heterocycles. The minimum Gasteiger partial charge on any atom is -0.387 e. The van der Waals surface area contributed by atoms with Crippen LogP contribution in [-0.4, -0.2) is 5.11 Å². The summed E-state index contributed by atoms with van der Waals surface area (Å²) in [5.41, 5.74) is 0. The molecule has 1 N–H and O–H groups in total. The van der Waals surface area contributed by atoms with Gasteiger partial charge in [0.2, 0.25) is 0 Å². The molecule has 0 radical (unpaired) electrons. The lowest BCUT2D eigenvalue weighted by molar-refractivity contribution is 0.0997. The molecule has 92 valence electrons. The molecule has 1 unspecified atom stereocenters. The summed E-state index contributed by atoms with van der Waals surface area (Å²) in [5.74, 6) is 0.443. The van der Waals surface area contributed by atoms with Crippen molar-refractivity contribution in [3.05, 3.63) is 21.9 Å². The lowest BCUT2D eigenvalue weighted by Crippen LogP contribution is -2.11. The quantitative estimate of drug-likeness (QED) is 0.740. The molecule has 0 saturated heterocycles. The summed E-state index contributed by atoms with van der Waals surface area (Å²) >= 11 is 1.77. The van der Waals surface area contributed by atoms with E-state index in [-0.39, 0.29) is 6.10 Å². The Bertz CT molecular complexity index is 287. The van der Waals surface area contributed by atoms with Gasteiger partial charge in [-0.2, -0.15) is 0 Å². The summed E-state index contributed by atoms with van der Waals surface area (Å²) in [5, 5.41) is 10.4. The standard InChI is InChI=1S/C14H24OS/c1-4-7-11(8-5-2)14(15)13-10-9-12(6-3)16-13/h9-11,14-15H,4-8H2,1-3H3. The van der Waals surface area contributed by atoms with Gasteiger partial charge >= 0.3 is 0 Å². The first-order valence-electron chi connectivity index (χ1n) is 6.49. The maximum Gasteiger partial charge on any atom is 0.0910 e. The number of hydrogen-bond donors (Lipinski definition) is 1. The van der Waals surface area contributed by atoms with Gasteiger partial charge in [-0.3, -0.25) is 0 Å². The zero-order valence-electron chi connectivity index (χ0n) is 10.7. The van der Waals surface area contributed by atoms with Crippen molar-refractivity contribution in [2.45, 2.75) is 59.0 Å². The third-order valence-corrected chi connectivity index (χ3v) is 4.39. The van der Waals surface area contributed by atoms with E-state index in [4.69, 9.17) is 0 Å². The molecule has 0 aliphatic carbocycles. The van der Waals surface area contributed by atoms with Gasteiger partial charge in [-0.1, -0.05) is 33.6 Å². The first-order valence-corrected chi connectivity index (χ1v) is 7.31. The molecule has 0 aliphatic rings. The second-order valence-corrected chi connectivity index (χ2v) is 5.64. The van der Waals surface area contributed by atoms with E-state index >= 15 is 0 Å². The van der Waals surface area contributed by atoms with Crippen molar-refractivity contribution in [3.63, 3.8) is 0 Å². The highest BCUT2D eigenvalue weighted by molar-refractivity contribution is 7.12. The highest BCUT2D eigenvalue weighted by atomic mass is 32.1. The second kappa shape index (κ2) is 7.08. The topological polar surface area (TPSA) is 20.2 Å². The summed E-state index contributed by atoms with van der Waals surface area (Å²) in [7, 11) is 0. The normalized spacial score (nSPS) is 13.3. The fourth-order valence-corrected chi connectivity index (χ4v) is 3.21. The number of thiophene rings is 1. The van der Waals surface area contributed by atoms with Gasteiger partial charge < -0.3 is 5.11 Å². The van der Waals surface area contributed by atoms with Crippen LogP contribution in [0.4, 0.5) is 0 Å². The molecule has 2 heteroatoms. The molecule has 0 spiro atoms. The van der Waals surface area contributed by atoms with Crippen LogP contribution < -0.4 is 0 Å². The molecular weight excluding hydrogens is 216 g/mol. The van der Waals surface area contributed by atoms with Crippen LogP contribution in [0.1, 0.15) is 62.3 Å². The van der Waals surface area contributed by atoms with E-state index in [0.717, 1.165) is 37.0 Å². The Balaban J connectivity index is 2.68. The maximum absolute atomic E-state index is 10.4. The Labute approximate surface area is 104 Å². The largest absolute Gasteiger partial charge is 0.387 e. The predicted octanol–water partition coefficient (Wildman–Crippen LogP) is 4.56. The smallest absolute Gasteiger partial charge is 0.0910 e. The lowest BCUT2D eigenvalue weighted by Gasteiger charge is -2.21. The van der Waals surface area contributed by atoms with E-state index in [1.807, 2.05) is 0 Å². The molecule has 1 aromatic rings. The average Bonchev–Trinajstić information content (AvgIpc) is 2.76. The Morgan fingerprint density at radius 2 is 1.75 bits per heavy atom. The third-order valence-electron chi connectivity index (χ3n) is 3.09. The molecule has 16 heavy (non-hydrogen) atoms. The molecule has 0 bridgehead atoms. The van der Waals surface area contributed by atoms with Gasteiger partial charge in [0.05, 0.1) is 6.10 Å². The van der Waals surface area contributed by atoms with E-state index in [2.05, 4.69) is 32.9 Å². The van der Waals surface area contributed by atoms with Gasteiger partial charge in [0, 0.05) is 9.75 Å². The molecule has 0 aromatic carbocycles. The van der Waals surface area contributed by atoms with Crippen LogP contribution in [0.15, 0.2) is 12.1 Å². The van der Waals surface area contributed by atoms with Crippen LogP contribution in [0.25, 0.3) is 0 Å². The molecule has 1 heterocycles. The summed E-state index contributed by atoms with van der Waals surface area (Å²) in [4.78, 5) is 2.53. The Morgan fingerprint density at radius 1 is 1.12 bits per heavy atom. The van der Waals surface area contributed by atoms with Gasteiger partial charge in [-0.15, -0.1) is 11.3 Å². The summed E-state index contributed by atoms with van der Waals surface area (Å²) < 4.78 is 0. The number of aliphatic hydroxyl groups is 1. The van der Waals surface area contributed by atoms with Crippen LogP contribution in [0.5, 0.6) is 0 Å². The van der Waals surface area contributed by atoms with Crippen LogP contribution in [0.3, 0.4) is 0 Å². The van der Waals surface area contributed by atoms with Gasteiger partial charge in [-0.25, -0.2) is 0 Å². The second-order valence-electron chi connectivity index (χ2n) is 4.44. The zero-order valence-corrected chi connectivity index (χ0v) is 11.5. The molecule has 1 rings (SSSR count). The van der Waals surface area contributed by atoms with Crippen molar-refractivity contribution >= 4 is 11.3 Å². The van der Waals surface area contributed by atoms with Gasteiger partial charge in [0.15, 0.2) is 0 Å². The predicted molar refractivity (Wildman–Crippen MR) is 72.0 cm³/mol. The fourth-order valence-electron chi connectivity index (χ4n) is 2.18. The molecule has 0 saturated carbocycles. The number of aryl methyl sites for hydroxylation is 1. The van der Waals surface area contributed by atoms with Crippen molar-refractivity contribution < 1.29 is 5.11 Å². The lowest BCUT2D eigenvalue weighted by atomic mass is 9.91. The molecule has 0 fully saturated rings. The summed E-state index contributed by atoms with van der Waals surface area (Å²) in [6.45, 7) is 6.56. The van der Waals surface area contributed by atoms with Crippen molar-refractivity contribution in [1.82, 2.24) is 0 Å². The first kappa shape index (κ1) is 13.7. The minimum absolute atomic E-state index is 0.245. The van der Waals surface area contributed by atoms with E-state index in [9.17, 15) is 5.11 Å². The van der Waals surface area contributed by atoms with Gasteiger partial charge in [-0.05, 0) is 37.3 Å². The highest BCUT2D eigenvalue weighted by Gasteiger charge is 2.20. The Morgan fingerprint density at radius 3 is 2.19 bits per heavy atom. The van der Waals surface area contributed by atoms with Crippen LogP contribution in [-0.2, 0) is 6.42 Å². The van der Waals surface area contributed by atoms with Gasteiger partial charge in [0.1, 0.15) is 0 Å². The van der Waals surface area contributed by atoms with Crippen LogP contribution >= 0.6 is 11.3 Å². The van der Waals surface area contributed by atoms with E-state index in [1.165, 1.54) is 4.88 Å². The summed E-state index contributed by atoms with van der Waals surface area (Å²) in [6.07, 6.45) is 5.42. The van der Waals surface area contributed by atoms with Crippen molar-refractivity contribution in [3.8, 4) is 0 Å². The van der Waals surface area contributed by atoms with E-state index in [1.54, 1.807) is 11.3 Å². The van der Waals surface area contributed by atoms with Crippen molar-refractivity contribution in [2.75, 3.05) is 0 Å². The maximum atomic E-state index is 10.4. The zero-order chi connectivity index (χ0) is 12.0. The Hall–Kier alpha value is -0.340. The number of hydrogen-bond acceptors (Lipinski definition) is 2. The molecule has 0 amide bonds. The van der Waals surface area contributed by atoms with Crippen molar-refractivity contribution in [1.29, 1.82) is 0 Å². The number of rotatable bonds is 7. The highest BCUT2D eigenvalue weighted by Crippen LogP contribution is 2.33. The molecular formula is C14H24OS. The SMILES string of the molecule is CCCC(CCC)C(O)c1ccc(CC)s1. The fraction of sp³-hybridized carbons (Fsp3) is 0.714. The molecule has 1 nitrogen and oxygen atoms in total.